The van der Waals surface area contributed by atoms with Gasteiger partial charge in [-0.3, -0.25) is 0 Å². The standard InChI is InChI=1S/C13H21N2O2/c1-3-5-7-11(8-6-4-2)12(16)17-13-14-9-10-15-13/h9-11H,3-8H2,1-2H3/q+1. The molecule has 17 heavy (non-hydrogen) atoms. The van der Waals surface area contributed by atoms with Gasteiger partial charge in [-0.05, 0) is 12.8 Å². The first-order chi connectivity index (χ1) is 8.27. The first kappa shape index (κ1) is 13.7. The van der Waals surface area contributed by atoms with E-state index >= 15 is 0 Å². The van der Waals surface area contributed by atoms with Gasteiger partial charge in [0.25, 0.3) is 0 Å². The molecule has 0 aliphatic carbocycles. The van der Waals surface area contributed by atoms with E-state index < -0.39 is 0 Å². The normalized spacial score (nSPS) is 13.7. The van der Waals surface area contributed by atoms with Gasteiger partial charge in [0.15, 0.2) is 0 Å². The third-order valence-corrected chi connectivity index (χ3v) is 2.77. The molecule has 1 heterocycles. The number of carbonyl (C=O) groups is 1. The smallest absolute Gasteiger partial charge is 0.231 e. The quantitative estimate of drug-likeness (QED) is 0.626. The Balaban J connectivity index is 2.54. The number of aliphatic imine (C=N–C) groups is 2. The molecule has 2 amide bonds. The van der Waals surface area contributed by atoms with Gasteiger partial charge in [0.1, 0.15) is 5.92 Å². The van der Waals surface area contributed by atoms with Crippen LogP contribution >= 0.6 is 0 Å². The summed E-state index contributed by atoms with van der Waals surface area (Å²) >= 11 is 0. The molecule has 0 bridgehead atoms. The van der Waals surface area contributed by atoms with Crippen LogP contribution < -0.4 is 0 Å². The highest BCUT2D eigenvalue weighted by molar-refractivity contribution is 6.25. The van der Waals surface area contributed by atoms with Crippen LogP contribution in [-0.2, 0) is 4.79 Å². The van der Waals surface area contributed by atoms with Crippen molar-refractivity contribution in [2.24, 2.45) is 15.9 Å². The number of carbonyl (C=O) groups excluding carboxylic acids is 2. The van der Waals surface area contributed by atoms with Gasteiger partial charge in [0.2, 0.25) is 0 Å². The lowest BCUT2D eigenvalue weighted by Crippen LogP contribution is -2.11. The molecule has 0 aromatic rings. The molecule has 0 unspecified atom stereocenters. The number of urea groups is 1. The molecule has 0 spiro atoms. The number of unbranched alkanes of at least 4 members (excludes halogenated alkanes) is 2. The Labute approximate surface area is 103 Å². The highest BCUT2D eigenvalue weighted by Crippen LogP contribution is 2.19. The summed E-state index contributed by atoms with van der Waals surface area (Å²) in [5.74, 6) is -0.188. The van der Waals surface area contributed by atoms with E-state index in [1.165, 1.54) is 12.4 Å². The summed E-state index contributed by atoms with van der Waals surface area (Å²) in [5, 5.41) is 0. The van der Waals surface area contributed by atoms with Crippen LogP contribution in [0.4, 0.5) is 4.42 Å². The number of rotatable bonds is 7. The molecular formula is C13H21N2O2+. The summed E-state index contributed by atoms with van der Waals surface area (Å²) in [6.07, 6.45) is 9.17. The highest BCUT2D eigenvalue weighted by Gasteiger charge is 2.30. The van der Waals surface area contributed by atoms with E-state index in [0.717, 1.165) is 38.5 Å². The van der Waals surface area contributed by atoms with E-state index in [9.17, 15) is 4.79 Å². The predicted molar refractivity (Wildman–Crippen MR) is 69.9 cm³/mol. The molecule has 0 saturated heterocycles. The van der Waals surface area contributed by atoms with Gasteiger partial charge < -0.3 is 0 Å². The minimum Gasteiger partial charge on any atom is -0.231 e. The minimum atomic E-state index is -0.182. The molecule has 94 valence electrons. The van der Waals surface area contributed by atoms with Crippen molar-refractivity contribution in [2.75, 3.05) is 0 Å². The maximum atomic E-state index is 11.9. The fourth-order valence-electron chi connectivity index (χ4n) is 1.73. The Morgan fingerprint density at radius 3 is 2.18 bits per heavy atom. The van der Waals surface area contributed by atoms with Gasteiger partial charge in [-0.25, -0.2) is 4.42 Å². The lowest BCUT2D eigenvalue weighted by molar-refractivity contribution is -0.197. The van der Waals surface area contributed by atoms with E-state index in [2.05, 4.69) is 23.8 Å². The second-order valence-corrected chi connectivity index (χ2v) is 4.24. The third kappa shape index (κ3) is 5.02. The molecule has 4 heteroatoms. The maximum Gasteiger partial charge on any atom is 0.586 e. The van der Waals surface area contributed by atoms with E-state index in [1.54, 1.807) is 0 Å². The zero-order chi connectivity index (χ0) is 12.5. The molecule has 1 aliphatic rings. The second-order valence-electron chi connectivity index (χ2n) is 4.24. The van der Waals surface area contributed by atoms with Crippen molar-refractivity contribution in [3.8, 4) is 0 Å². The lowest BCUT2D eigenvalue weighted by atomic mass is 9.96. The van der Waals surface area contributed by atoms with Crippen LogP contribution in [0.25, 0.3) is 0 Å². The summed E-state index contributed by atoms with van der Waals surface area (Å²) < 4.78 is 5.15. The van der Waals surface area contributed by atoms with Crippen LogP contribution in [-0.4, -0.2) is 24.4 Å². The van der Waals surface area contributed by atoms with Crippen molar-refractivity contribution >= 4 is 24.4 Å². The van der Waals surface area contributed by atoms with Gasteiger partial charge >= 0.3 is 12.0 Å². The van der Waals surface area contributed by atoms with Crippen molar-refractivity contribution in [2.45, 2.75) is 52.4 Å². The van der Waals surface area contributed by atoms with Crippen LogP contribution in [0.3, 0.4) is 0 Å². The molecule has 0 aromatic carbocycles. The van der Waals surface area contributed by atoms with Gasteiger partial charge in [0, 0.05) is 4.79 Å². The van der Waals surface area contributed by atoms with Gasteiger partial charge in [-0.1, -0.05) is 39.5 Å². The van der Waals surface area contributed by atoms with Crippen LogP contribution in [0.5, 0.6) is 0 Å². The Hall–Kier alpha value is -1.32. The molecule has 1 rings (SSSR count). The fraction of sp³-hybridized carbons (Fsp3) is 0.692. The Kier molecular flexibility index (Phi) is 6.37. The summed E-state index contributed by atoms with van der Waals surface area (Å²) in [6.45, 7) is 4.26. The van der Waals surface area contributed by atoms with Crippen LogP contribution in [0.15, 0.2) is 9.98 Å². The SMILES string of the molecule is CCCCC(CCCC)C(=O)[O+]=C1N=CC=N1. The van der Waals surface area contributed by atoms with Crippen molar-refractivity contribution in [3.63, 3.8) is 0 Å². The van der Waals surface area contributed by atoms with Crippen molar-refractivity contribution in [1.29, 1.82) is 0 Å². The summed E-state index contributed by atoms with van der Waals surface area (Å²) in [7, 11) is 0. The molecule has 0 fully saturated rings. The first-order valence-electron chi connectivity index (χ1n) is 6.43. The monoisotopic (exact) mass is 237 g/mol. The predicted octanol–water partition coefficient (Wildman–Crippen LogP) is 3.32. The summed E-state index contributed by atoms with van der Waals surface area (Å²) in [4.78, 5) is 19.6. The van der Waals surface area contributed by atoms with E-state index in [-0.39, 0.29) is 17.9 Å². The fourth-order valence-corrected chi connectivity index (χ4v) is 1.73. The minimum absolute atomic E-state index is 0.00611. The average Bonchev–Trinajstić information content (AvgIpc) is 2.82. The molecule has 0 N–H and O–H groups in total. The van der Waals surface area contributed by atoms with Crippen LogP contribution in [0, 0.1) is 5.92 Å². The topological polar surface area (TPSA) is 53.1 Å². The second kappa shape index (κ2) is 7.87. The molecule has 0 radical (unpaired) electrons. The zero-order valence-corrected chi connectivity index (χ0v) is 10.7. The molecule has 0 saturated carbocycles. The van der Waals surface area contributed by atoms with Crippen molar-refractivity contribution < 1.29 is 9.22 Å². The third-order valence-electron chi connectivity index (χ3n) is 2.77. The molecule has 4 nitrogen and oxygen atoms in total. The first-order valence-corrected chi connectivity index (χ1v) is 6.43. The van der Waals surface area contributed by atoms with Crippen molar-refractivity contribution in [3.05, 3.63) is 0 Å². The maximum absolute atomic E-state index is 11.9. The average molecular weight is 237 g/mol. The summed E-state index contributed by atoms with van der Waals surface area (Å²) in [5.41, 5.74) is 0. The van der Waals surface area contributed by atoms with E-state index in [1.807, 2.05) is 0 Å². The highest BCUT2D eigenvalue weighted by atomic mass is 16.5. The van der Waals surface area contributed by atoms with Gasteiger partial charge in [-0.15, -0.1) is 0 Å². The molecule has 0 aromatic heterocycles. The molecule has 0 atom stereocenters. The number of amides is 2. The lowest BCUT2D eigenvalue weighted by Gasteiger charge is -2.05. The number of hydrogen-bond donors (Lipinski definition) is 0. The van der Waals surface area contributed by atoms with Crippen LogP contribution in [0.1, 0.15) is 52.4 Å². The van der Waals surface area contributed by atoms with E-state index in [0.29, 0.717) is 0 Å². The van der Waals surface area contributed by atoms with Gasteiger partial charge in [-0.2, -0.15) is 9.98 Å². The molecule has 1 aliphatic heterocycles. The summed E-state index contributed by atoms with van der Waals surface area (Å²) in [6, 6.07) is 0.174. The Bertz CT molecular complexity index is 310. The Morgan fingerprint density at radius 2 is 1.71 bits per heavy atom. The van der Waals surface area contributed by atoms with Crippen LogP contribution in [0.2, 0.25) is 0 Å². The van der Waals surface area contributed by atoms with E-state index in [4.69, 9.17) is 4.42 Å². The largest absolute Gasteiger partial charge is 0.586 e. The number of hydrogen-bond acceptors (Lipinski definition) is 1. The molecular weight excluding hydrogens is 216 g/mol. The zero-order valence-electron chi connectivity index (χ0n) is 10.7. The number of nitrogens with zero attached hydrogens (tertiary/aromatic N) is 2. The van der Waals surface area contributed by atoms with Crippen molar-refractivity contribution in [1.82, 2.24) is 0 Å². The van der Waals surface area contributed by atoms with Gasteiger partial charge in [0.05, 0.1) is 12.4 Å². The Morgan fingerprint density at radius 1 is 1.18 bits per heavy atom.